The zero-order valence-electron chi connectivity index (χ0n) is 14.2. The lowest BCUT2D eigenvalue weighted by molar-refractivity contribution is -0.135. The van der Waals surface area contributed by atoms with Crippen molar-refractivity contribution in [3.63, 3.8) is 0 Å². The van der Waals surface area contributed by atoms with Crippen LogP contribution in [-0.2, 0) is 23.0 Å². The first kappa shape index (κ1) is 16.6. The minimum Gasteiger partial charge on any atom is -0.369 e. The van der Waals surface area contributed by atoms with Crippen LogP contribution in [0.2, 0.25) is 0 Å². The Morgan fingerprint density at radius 1 is 1.42 bits per heavy atom. The Kier molecular flexibility index (Phi) is 5.25. The smallest absolute Gasteiger partial charge is 0.226 e. The maximum Gasteiger partial charge on any atom is 0.226 e. The Morgan fingerprint density at radius 3 is 3.04 bits per heavy atom. The van der Waals surface area contributed by atoms with Crippen molar-refractivity contribution >= 4 is 5.91 Å². The van der Waals surface area contributed by atoms with E-state index in [9.17, 15) is 4.79 Å². The van der Waals surface area contributed by atoms with Gasteiger partial charge in [0, 0.05) is 50.9 Å². The number of rotatable bonds is 5. The third-order valence-corrected chi connectivity index (χ3v) is 4.55. The van der Waals surface area contributed by atoms with E-state index in [1.54, 1.807) is 12.4 Å². The second kappa shape index (κ2) is 7.57. The van der Waals surface area contributed by atoms with Crippen molar-refractivity contribution in [3.05, 3.63) is 47.8 Å². The van der Waals surface area contributed by atoms with Crippen LogP contribution in [0.3, 0.4) is 0 Å². The highest BCUT2D eigenvalue weighted by molar-refractivity contribution is 5.79. The highest BCUT2D eigenvalue weighted by Crippen LogP contribution is 2.32. The molecule has 24 heavy (non-hydrogen) atoms. The summed E-state index contributed by atoms with van der Waals surface area (Å²) in [5, 5.41) is 3.04. The number of hydrogen-bond donors (Lipinski definition) is 1. The SMILES string of the molecule is Cc1cccnc1CCNC(=O)[C@@H]1CCCO[C@H]1c1nccn1C. The third kappa shape index (κ3) is 3.64. The number of aryl methyl sites for hydroxylation is 2. The van der Waals surface area contributed by atoms with Gasteiger partial charge in [-0.25, -0.2) is 4.98 Å². The fraction of sp³-hybridized carbons (Fsp3) is 0.500. The third-order valence-electron chi connectivity index (χ3n) is 4.55. The molecule has 1 aliphatic heterocycles. The average Bonchev–Trinajstić information content (AvgIpc) is 3.02. The van der Waals surface area contributed by atoms with Crippen LogP contribution in [0.25, 0.3) is 0 Å². The molecule has 6 heteroatoms. The summed E-state index contributed by atoms with van der Waals surface area (Å²) in [5.74, 6) is 0.663. The minimum absolute atomic E-state index is 0.0382. The minimum atomic E-state index is -0.268. The fourth-order valence-corrected chi connectivity index (χ4v) is 3.17. The number of ether oxygens (including phenoxy) is 1. The molecule has 128 valence electrons. The molecule has 0 aliphatic carbocycles. The molecule has 0 bridgehead atoms. The van der Waals surface area contributed by atoms with Gasteiger partial charge in [0.25, 0.3) is 0 Å². The first-order valence-corrected chi connectivity index (χ1v) is 8.44. The molecular weight excluding hydrogens is 304 g/mol. The van der Waals surface area contributed by atoms with Crippen molar-refractivity contribution in [1.29, 1.82) is 0 Å². The molecule has 1 aliphatic rings. The molecule has 2 aromatic rings. The van der Waals surface area contributed by atoms with Crippen molar-refractivity contribution in [1.82, 2.24) is 19.9 Å². The average molecular weight is 328 g/mol. The van der Waals surface area contributed by atoms with E-state index in [0.29, 0.717) is 13.2 Å². The van der Waals surface area contributed by atoms with Gasteiger partial charge in [-0.2, -0.15) is 0 Å². The molecule has 1 N–H and O–H groups in total. The van der Waals surface area contributed by atoms with E-state index in [-0.39, 0.29) is 17.9 Å². The number of amides is 1. The number of nitrogens with one attached hydrogen (secondary N) is 1. The van der Waals surface area contributed by atoms with Gasteiger partial charge < -0.3 is 14.6 Å². The topological polar surface area (TPSA) is 69.0 Å². The van der Waals surface area contributed by atoms with Gasteiger partial charge in [0.15, 0.2) is 0 Å². The Labute approximate surface area is 142 Å². The zero-order valence-corrected chi connectivity index (χ0v) is 14.2. The van der Waals surface area contributed by atoms with Gasteiger partial charge in [0.05, 0.1) is 5.92 Å². The number of aromatic nitrogens is 3. The summed E-state index contributed by atoms with van der Waals surface area (Å²) in [7, 11) is 1.93. The van der Waals surface area contributed by atoms with Crippen LogP contribution in [0.1, 0.15) is 36.0 Å². The monoisotopic (exact) mass is 328 g/mol. The van der Waals surface area contributed by atoms with Gasteiger partial charge >= 0.3 is 0 Å². The van der Waals surface area contributed by atoms with Crippen molar-refractivity contribution in [2.45, 2.75) is 32.3 Å². The van der Waals surface area contributed by atoms with E-state index < -0.39 is 0 Å². The molecule has 2 aromatic heterocycles. The molecule has 0 radical (unpaired) electrons. The van der Waals surface area contributed by atoms with Crippen LogP contribution in [0.5, 0.6) is 0 Å². The lowest BCUT2D eigenvalue weighted by Gasteiger charge is -2.30. The van der Waals surface area contributed by atoms with Crippen LogP contribution < -0.4 is 5.32 Å². The Balaban J connectivity index is 1.60. The van der Waals surface area contributed by atoms with Crippen molar-refractivity contribution < 1.29 is 9.53 Å². The number of imidazole rings is 1. The number of carbonyl (C=O) groups is 1. The van der Waals surface area contributed by atoms with Crippen molar-refractivity contribution in [3.8, 4) is 0 Å². The summed E-state index contributed by atoms with van der Waals surface area (Å²) in [5.41, 5.74) is 2.18. The van der Waals surface area contributed by atoms with Crippen LogP contribution in [-0.4, -0.2) is 33.6 Å². The normalized spacial score (nSPS) is 20.8. The van der Waals surface area contributed by atoms with E-state index in [4.69, 9.17) is 4.74 Å². The predicted octanol–water partition coefficient (Wildman–Crippen LogP) is 1.95. The quantitative estimate of drug-likeness (QED) is 0.911. The maximum atomic E-state index is 12.6. The van der Waals surface area contributed by atoms with Gasteiger partial charge in [-0.05, 0) is 31.4 Å². The first-order chi connectivity index (χ1) is 11.7. The molecule has 1 fully saturated rings. The molecule has 0 saturated carbocycles. The first-order valence-electron chi connectivity index (χ1n) is 8.44. The fourth-order valence-electron chi connectivity index (χ4n) is 3.17. The van der Waals surface area contributed by atoms with E-state index in [0.717, 1.165) is 36.3 Å². The van der Waals surface area contributed by atoms with Crippen molar-refractivity contribution in [2.75, 3.05) is 13.2 Å². The van der Waals surface area contributed by atoms with E-state index in [2.05, 4.69) is 15.3 Å². The Hall–Kier alpha value is -2.21. The molecule has 3 rings (SSSR count). The largest absolute Gasteiger partial charge is 0.369 e. The molecule has 3 heterocycles. The number of carbonyl (C=O) groups excluding carboxylic acids is 1. The lowest BCUT2D eigenvalue weighted by atomic mass is 9.92. The van der Waals surface area contributed by atoms with Crippen LogP contribution in [0.4, 0.5) is 0 Å². The summed E-state index contributed by atoms with van der Waals surface area (Å²) in [6.07, 6.45) is 7.60. The predicted molar refractivity (Wildman–Crippen MR) is 90.3 cm³/mol. The van der Waals surface area contributed by atoms with Crippen molar-refractivity contribution in [2.24, 2.45) is 13.0 Å². The van der Waals surface area contributed by atoms with Gasteiger partial charge in [-0.15, -0.1) is 0 Å². The molecule has 0 aromatic carbocycles. The molecular formula is C18H24N4O2. The summed E-state index contributed by atoms with van der Waals surface area (Å²) in [6.45, 7) is 3.30. The Morgan fingerprint density at radius 2 is 2.29 bits per heavy atom. The standard InChI is InChI=1S/C18H24N4O2/c1-13-5-3-8-19-15(13)7-9-21-18(23)14-6-4-12-24-16(14)17-20-10-11-22(17)2/h3,5,8,10-11,14,16H,4,6-7,9,12H2,1-2H3,(H,21,23)/t14-,16-/m1/s1. The highest BCUT2D eigenvalue weighted by atomic mass is 16.5. The summed E-state index contributed by atoms with van der Waals surface area (Å²) >= 11 is 0. The summed E-state index contributed by atoms with van der Waals surface area (Å²) < 4.78 is 7.79. The second-order valence-electron chi connectivity index (χ2n) is 6.24. The maximum absolute atomic E-state index is 12.6. The summed E-state index contributed by atoms with van der Waals surface area (Å²) in [4.78, 5) is 21.4. The molecule has 0 unspecified atom stereocenters. The Bertz CT molecular complexity index is 698. The molecule has 0 spiro atoms. The van der Waals surface area contributed by atoms with Gasteiger partial charge in [-0.1, -0.05) is 6.07 Å². The molecule has 1 amide bonds. The molecule has 1 saturated heterocycles. The van der Waals surface area contributed by atoms with E-state index >= 15 is 0 Å². The van der Waals surface area contributed by atoms with Gasteiger partial charge in [0.1, 0.15) is 11.9 Å². The van der Waals surface area contributed by atoms with Gasteiger partial charge in [0.2, 0.25) is 5.91 Å². The molecule has 2 atom stereocenters. The summed E-state index contributed by atoms with van der Waals surface area (Å²) in [6, 6.07) is 3.96. The van der Waals surface area contributed by atoms with Crippen LogP contribution >= 0.6 is 0 Å². The van der Waals surface area contributed by atoms with Crippen LogP contribution in [0.15, 0.2) is 30.7 Å². The lowest BCUT2D eigenvalue weighted by Crippen LogP contribution is -2.39. The highest BCUT2D eigenvalue weighted by Gasteiger charge is 2.35. The number of hydrogen-bond acceptors (Lipinski definition) is 4. The van der Waals surface area contributed by atoms with E-state index in [1.807, 2.05) is 36.9 Å². The second-order valence-corrected chi connectivity index (χ2v) is 6.24. The number of pyridine rings is 1. The zero-order chi connectivity index (χ0) is 16.9. The van der Waals surface area contributed by atoms with E-state index in [1.165, 1.54) is 0 Å². The number of nitrogens with zero attached hydrogens (tertiary/aromatic N) is 3. The molecule has 6 nitrogen and oxygen atoms in total. The van der Waals surface area contributed by atoms with Gasteiger partial charge in [-0.3, -0.25) is 9.78 Å². The van der Waals surface area contributed by atoms with Crippen LogP contribution in [0, 0.1) is 12.8 Å².